The number of carbonyl (C=O) groups is 1. The van der Waals surface area contributed by atoms with E-state index in [0.29, 0.717) is 30.3 Å². The van der Waals surface area contributed by atoms with E-state index in [0.717, 1.165) is 10.0 Å². The topological polar surface area (TPSA) is 55.8 Å². The van der Waals surface area contributed by atoms with Crippen LogP contribution in [0.4, 0.5) is 0 Å². The molecule has 0 fully saturated rings. The first-order valence-corrected chi connectivity index (χ1v) is 6.13. The summed E-state index contributed by atoms with van der Waals surface area (Å²) in [7, 11) is 0. The van der Waals surface area contributed by atoms with Crippen LogP contribution in [-0.4, -0.2) is 24.3 Å². The summed E-state index contributed by atoms with van der Waals surface area (Å²) < 4.78 is 11.9. The summed E-state index contributed by atoms with van der Waals surface area (Å²) in [5.41, 5.74) is 1.56. The summed E-state index contributed by atoms with van der Waals surface area (Å²) in [5, 5.41) is 9.14. The lowest BCUT2D eigenvalue weighted by Crippen LogP contribution is -2.19. The molecule has 2 rings (SSSR count). The molecule has 92 valence electrons. The maximum Gasteiger partial charge on any atom is 0.310 e. The first-order valence-electron chi connectivity index (χ1n) is 5.33. The maximum atomic E-state index is 11.1. The summed E-state index contributed by atoms with van der Waals surface area (Å²) in [4.78, 5) is 11.1. The Morgan fingerprint density at radius 1 is 1.47 bits per heavy atom. The highest BCUT2D eigenvalue weighted by molar-refractivity contribution is 9.10. The molecule has 0 spiro atoms. The Labute approximate surface area is 108 Å². The Morgan fingerprint density at radius 2 is 2.12 bits per heavy atom. The molecule has 1 unspecified atom stereocenters. The predicted octanol–water partition coefficient (Wildman–Crippen LogP) is 2.72. The lowest BCUT2D eigenvalue weighted by atomic mass is 9.94. The minimum absolute atomic E-state index is 0.452. The molecule has 5 heteroatoms. The highest BCUT2D eigenvalue weighted by Crippen LogP contribution is 2.43. The van der Waals surface area contributed by atoms with Gasteiger partial charge >= 0.3 is 5.97 Å². The number of benzene rings is 1. The molecule has 1 heterocycles. The zero-order valence-electron chi connectivity index (χ0n) is 9.62. The van der Waals surface area contributed by atoms with Gasteiger partial charge in [-0.15, -0.1) is 0 Å². The first kappa shape index (κ1) is 12.2. The van der Waals surface area contributed by atoms with Gasteiger partial charge in [0.1, 0.15) is 13.2 Å². The van der Waals surface area contributed by atoms with Gasteiger partial charge in [0.25, 0.3) is 0 Å². The number of hydrogen-bond donors (Lipinski definition) is 1. The van der Waals surface area contributed by atoms with Crippen molar-refractivity contribution in [1.82, 2.24) is 0 Å². The molecule has 1 aromatic rings. The number of carboxylic acids is 1. The molecule has 1 aromatic carbocycles. The van der Waals surface area contributed by atoms with E-state index in [1.807, 2.05) is 13.0 Å². The Bertz CT molecular complexity index is 470. The van der Waals surface area contributed by atoms with Crippen LogP contribution in [0.2, 0.25) is 0 Å². The Morgan fingerprint density at radius 3 is 2.76 bits per heavy atom. The van der Waals surface area contributed by atoms with Gasteiger partial charge in [-0.2, -0.15) is 0 Å². The number of hydrogen-bond acceptors (Lipinski definition) is 3. The van der Waals surface area contributed by atoms with Crippen molar-refractivity contribution >= 4 is 21.9 Å². The minimum atomic E-state index is -0.873. The van der Waals surface area contributed by atoms with Crippen LogP contribution < -0.4 is 9.47 Å². The van der Waals surface area contributed by atoms with Gasteiger partial charge < -0.3 is 14.6 Å². The van der Waals surface area contributed by atoms with E-state index in [1.165, 1.54) is 0 Å². The van der Waals surface area contributed by atoms with Gasteiger partial charge in [-0.3, -0.25) is 4.79 Å². The van der Waals surface area contributed by atoms with Gasteiger partial charge in [-0.05, 0) is 25.5 Å². The normalized spacial score (nSPS) is 15.5. The van der Waals surface area contributed by atoms with Crippen molar-refractivity contribution in [2.75, 3.05) is 13.2 Å². The lowest BCUT2D eigenvalue weighted by molar-refractivity contribution is -0.138. The first-order chi connectivity index (χ1) is 8.02. The molecule has 4 nitrogen and oxygen atoms in total. The quantitative estimate of drug-likeness (QED) is 0.912. The van der Waals surface area contributed by atoms with Crippen LogP contribution in [-0.2, 0) is 4.79 Å². The third kappa shape index (κ3) is 2.11. The van der Waals surface area contributed by atoms with Crippen LogP contribution in [0.5, 0.6) is 11.5 Å². The highest BCUT2D eigenvalue weighted by Gasteiger charge is 2.27. The van der Waals surface area contributed by atoms with E-state index in [9.17, 15) is 4.79 Å². The second kappa shape index (κ2) is 4.56. The van der Waals surface area contributed by atoms with Gasteiger partial charge in [0, 0.05) is 10.0 Å². The van der Waals surface area contributed by atoms with Gasteiger partial charge in [0.05, 0.1) is 5.92 Å². The Hall–Kier alpha value is -1.23. The van der Waals surface area contributed by atoms with E-state index in [-0.39, 0.29) is 0 Å². The number of rotatable bonds is 2. The lowest BCUT2D eigenvalue weighted by Gasteiger charge is -2.24. The number of carboxylic acid groups (broad SMARTS) is 1. The highest BCUT2D eigenvalue weighted by atomic mass is 79.9. The molecule has 0 bridgehead atoms. The molecule has 0 amide bonds. The standard InChI is InChI=1S/C12H13BrO4/c1-6-8(13)5-9-11(17-4-3-16-9)10(6)7(2)12(14)15/h5,7H,3-4H2,1-2H3,(H,14,15). The molecule has 17 heavy (non-hydrogen) atoms. The van der Waals surface area contributed by atoms with Gasteiger partial charge in [0.15, 0.2) is 11.5 Å². The van der Waals surface area contributed by atoms with E-state index in [4.69, 9.17) is 14.6 Å². The third-order valence-electron chi connectivity index (χ3n) is 2.88. The van der Waals surface area contributed by atoms with Crippen LogP contribution in [0, 0.1) is 6.92 Å². The fraction of sp³-hybridized carbons (Fsp3) is 0.417. The van der Waals surface area contributed by atoms with Gasteiger partial charge in [-0.25, -0.2) is 0 Å². The van der Waals surface area contributed by atoms with Crippen molar-refractivity contribution in [1.29, 1.82) is 0 Å². The number of halogens is 1. The zero-order valence-corrected chi connectivity index (χ0v) is 11.2. The molecule has 1 N–H and O–H groups in total. The number of aliphatic carboxylic acids is 1. The second-order valence-corrected chi connectivity index (χ2v) is 4.84. The summed E-state index contributed by atoms with van der Waals surface area (Å²) >= 11 is 3.41. The molecule has 0 aromatic heterocycles. The van der Waals surface area contributed by atoms with Gasteiger partial charge in [0.2, 0.25) is 0 Å². The summed E-state index contributed by atoms with van der Waals surface area (Å²) in [5.74, 6) is -0.325. The SMILES string of the molecule is Cc1c(Br)cc2c(c1C(C)C(=O)O)OCCO2. The van der Waals surface area contributed by atoms with E-state index < -0.39 is 11.9 Å². The number of fused-ring (bicyclic) bond motifs is 1. The molecule has 0 radical (unpaired) electrons. The minimum Gasteiger partial charge on any atom is -0.486 e. The largest absolute Gasteiger partial charge is 0.486 e. The van der Waals surface area contributed by atoms with Crippen molar-refractivity contribution in [2.45, 2.75) is 19.8 Å². The van der Waals surface area contributed by atoms with Crippen LogP contribution in [0.15, 0.2) is 10.5 Å². The zero-order chi connectivity index (χ0) is 12.6. The van der Waals surface area contributed by atoms with Crippen LogP contribution in [0.3, 0.4) is 0 Å². The Balaban J connectivity index is 2.62. The summed E-state index contributed by atoms with van der Waals surface area (Å²) in [6, 6.07) is 1.82. The molecular weight excluding hydrogens is 288 g/mol. The second-order valence-electron chi connectivity index (χ2n) is 3.98. The van der Waals surface area contributed by atoms with Gasteiger partial charge in [-0.1, -0.05) is 15.9 Å². The molecule has 0 saturated carbocycles. The average Bonchev–Trinajstić information content (AvgIpc) is 2.30. The molecule has 1 atom stereocenters. The third-order valence-corrected chi connectivity index (χ3v) is 3.70. The van der Waals surface area contributed by atoms with E-state index in [1.54, 1.807) is 6.92 Å². The van der Waals surface area contributed by atoms with Crippen molar-refractivity contribution in [3.05, 3.63) is 21.7 Å². The van der Waals surface area contributed by atoms with Crippen molar-refractivity contribution in [2.24, 2.45) is 0 Å². The van der Waals surface area contributed by atoms with Crippen LogP contribution in [0.1, 0.15) is 24.0 Å². The van der Waals surface area contributed by atoms with Crippen LogP contribution in [0.25, 0.3) is 0 Å². The molecule has 1 aliphatic heterocycles. The number of ether oxygens (including phenoxy) is 2. The van der Waals surface area contributed by atoms with Crippen LogP contribution >= 0.6 is 15.9 Å². The monoisotopic (exact) mass is 300 g/mol. The molecule has 1 aliphatic rings. The molecular formula is C12H13BrO4. The van der Waals surface area contributed by atoms with E-state index in [2.05, 4.69) is 15.9 Å². The molecule has 0 aliphatic carbocycles. The van der Waals surface area contributed by atoms with Crippen molar-refractivity contribution in [3.63, 3.8) is 0 Å². The fourth-order valence-electron chi connectivity index (χ4n) is 1.92. The summed E-state index contributed by atoms with van der Waals surface area (Å²) in [6.07, 6.45) is 0. The van der Waals surface area contributed by atoms with E-state index >= 15 is 0 Å². The molecule has 0 saturated heterocycles. The Kier molecular flexibility index (Phi) is 3.28. The fourth-order valence-corrected chi connectivity index (χ4v) is 2.34. The predicted molar refractivity (Wildman–Crippen MR) is 65.9 cm³/mol. The van der Waals surface area contributed by atoms with Crippen molar-refractivity contribution in [3.8, 4) is 11.5 Å². The average molecular weight is 301 g/mol. The maximum absolute atomic E-state index is 11.1. The smallest absolute Gasteiger partial charge is 0.310 e. The summed E-state index contributed by atoms with van der Waals surface area (Å²) in [6.45, 7) is 4.46. The van der Waals surface area contributed by atoms with Crippen molar-refractivity contribution < 1.29 is 19.4 Å².